The highest BCUT2D eigenvalue weighted by atomic mass is 32.2. The average Bonchev–Trinajstić information content (AvgIpc) is 3.16. The van der Waals surface area contributed by atoms with Gasteiger partial charge in [-0.2, -0.15) is 0 Å². The molecule has 3 aromatic rings. The lowest BCUT2D eigenvalue weighted by Gasteiger charge is -2.17. The molecule has 2 amide bonds. The van der Waals surface area contributed by atoms with Gasteiger partial charge >= 0.3 is 0 Å². The smallest absolute Gasteiger partial charge is 0.255 e. The normalized spacial score (nSPS) is 13.6. The number of amides is 2. The van der Waals surface area contributed by atoms with E-state index in [1.165, 1.54) is 0 Å². The van der Waals surface area contributed by atoms with Crippen LogP contribution in [0.2, 0.25) is 0 Å². The fraction of sp³-hybridized carbons (Fsp3) is 0.130. The number of hydrogen-bond donors (Lipinski definition) is 1. The lowest BCUT2D eigenvalue weighted by atomic mass is 10.1. The molecule has 0 saturated carbocycles. The monoisotopic (exact) mass is 388 g/mol. The molecule has 0 atom stereocenters. The van der Waals surface area contributed by atoms with Crippen LogP contribution in [0.3, 0.4) is 0 Å². The third kappa shape index (κ3) is 4.10. The zero-order chi connectivity index (χ0) is 19.3. The Kier molecular flexibility index (Phi) is 5.44. The molecule has 0 unspecified atom stereocenters. The van der Waals surface area contributed by atoms with Gasteiger partial charge in [-0.15, -0.1) is 0 Å². The highest BCUT2D eigenvalue weighted by molar-refractivity contribution is 7.99. The first kappa shape index (κ1) is 18.3. The minimum absolute atomic E-state index is 0.113. The second kappa shape index (κ2) is 8.31. The van der Waals surface area contributed by atoms with E-state index < -0.39 is 0 Å². The first-order valence-electron chi connectivity index (χ1n) is 9.24. The van der Waals surface area contributed by atoms with Crippen LogP contribution in [-0.4, -0.2) is 18.4 Å². The van der Waals surface area contributed by atoms with Gasteiger partial charge in [-0.1, -0.05) is 48.2 Å². The van der Waals surface area contributed by atoms with Crippen molar-refractivity contribution in [2.24, 2.45) is 0 Å². The SMILES string of the molecule is O=C(Nc1ccccc1Sc1ccccc1)c1cccc(N2CCCC2=O)c1. The van der Waals surface area contributed by atoms with E-state index in [-0.39, 0.29) is 11.8 Å². The van der Waals surface area contributed by atoms with Crippen LogP contribution in [-0.2, 0) is 4.79 Å². The Balaban J connectivity index is 1.54. The lowest BCUT2D eigenvalue weighted by Crippen LogP contribution is -2.24. The molecule has 4 rings (SSSR count). The molecule has 1 aliphatic rings. The topological polar surface area (TPSA) is 49.4 Å². The minimum Gasteiger partial charge on any atom is -0.321 e. The number of carbonyl (C=O) groups excluding carboxylic acids is 2. The summed E-state index contributed by atoms with van der Waals surface area (Å²) in [6, 6.07) is 25.1. The maximum atomic E-state index is 12.8. The summed E-state index contributed by atoms with van der Waals surface area (Å²) >= 11 is 1.61. The van der Waals surface area contributed by atoms with Crippen LogP contribution in [0, 0.1) is 0 Å². The summed E-state index contributed by atoms with van der Waals surface area (Å²) in [6.07, 6.45) is 1.43. The Morgan fingerprint density at radius 2 is 1.71 bits per heavy atom. The van der Waals surface area contributed by atoms with Crippen molar-refractivity contribution in [2.75, 3.05) is 16.8 Å². The van der Waals surface area contributed by atoms with E-state index in [0.29, 0.717) is 18.5 Å². The number of hydrogen-bond acceptors (Lipinski definition) is 3. The molecule has 5 heteroatoms. The van der Waals surface area contributed by atoms with Crippen LogP contribution >= 0.6 is 11.8 Å². The molecule has 0 aromatic heterocycles. The van der Waals surface area contributed by atoms with Crippen molar-refractivity contribution < 1.29 is 9.59 Å². The molecule has 0 radical (unpaired) electrons. The summed E-state index contributed by atoms with van der Waals surface area (Å²) in [5.74, 6) is -0.0724. The molecule has 0 aliphatic carbocycles. The highest BCUT2D eigenvalue weighted by Gasteiger charge is 2.22. The molecule has 3 aromatic carbocycles. The predicted molar refractivity (Wildman–Crippen MR) is 113 cm³/mol. The molecular weight excluding hydrogens is 368 g/mol. The van der Waals surface area contributed by atoms with Gasteiger partial charge in [0.05, 0.1) is 5.69 Å². The van der Waals surface area contributed by atoms with E-state index in [1.807, 2.05) is 66.7 Å². The van der Waals surface area contributed by atoms with Crippen molar-refractivity contribution in [1.29, 1.82) is 0 Å². The first-order chi connectivity index (χ1) is 13.7. The lowest BCUT2D eigenvalue weighted by molar-refractivity contribution is -0.117. The van der Waals surface area contributed by atoms with Gasteiger partial charge in [-0.25, -0.2) is 0 Å². The molecule has 4 nitrogen and oxygen atoms in total. The summed E-state index contributed by atoms with van der Waals surface area (Å²) in [6.45, 7) is 0.709. The van der Waals surface area contributed by atoms with Crippen LogP contribution in [0.1, 0.15) is 23.2 Å². The fourth-order valence-electron chi connectivity index (χ4n) is 3.21. The Morgan fingerprint density at radius 1 is 0.929 bits per heavy atom. The third-order valence-electron chi connectivity index (χ3n) is 4.60. The van der Waals surface area contributed by atoms with Crippen molar-refractivity contribution in [3.05, 3.63) is 84.4 Å². The third-order valence-corrected chi connectivity index (χ3v) is 5.68. The van der Waals surface area contributed by atoms with E-state index in [4.69, 9.17) is 0 Å². The number of para-hydroxylation sites is 1. The maximum Gasteiger partial charge on any atom is 0.255 e. The van der Waals surface area contributed by atoms with Gasteiger partial charge in [0.15, 0.2) is 0 Å². The minimum atomic E-state index is -0.186. The number of nitrogens with zero attached hydrogens (tertiary/aromatic N) is 1. The molecule has 1 N–H and O–H groups in total. The summed E-state index contributed by atoms with van der Waals surface area (Å²) in [5, 5.41) is 3.01. The second-order valence-corrected chi connectivity index (χ2v) is 7.68. The van der Waals surface area contributed by atoms with Crippen molar-refractivity contribution in [1.82, 2.24) is 0 Å². The van der Waals surface area contributed by atoms with Crippen molar-refractivity contribution >= 4 is 35.0 Å². The number of rotatable bonds is 5. The van der Waals surface area contributed by atoms with Gasteiger partial charge in [0.25, 0.3) is 5.91 Å². The zero-order valence-corrected chi connectivity index (χ0v) is 16.1. The molecule has 1 aliphatic heterocycles. The summed E-state index contributed by atoms with van der Waals surface area (Å²) in [4.78, 5) is 28.7. The molecule has 1 heterocycles. The Morgan fingerprint density at radius 3 is 2.50 bits per heavy atom. The molecular formula is C23H20N2O2S. The maximum absolute atomic E-state index is 12.8. The van der Waals surface area contributed by atoms with Crippen LogP contribution in [0.4, 0.5) is 11.4 Å². The Labute approximate surface area is 168 Å². The van der Waals surface area contributed by atoms with E-state index in [1.54, 1.807) is 28.8 Å². The number of anilines is 2. The Bertz CT molecular complexity index is 1000. The molecule has 28 heavy (non-hydrogen) atoms. The quantitative estimate of drug-likeness (QED) is 0.652. The number of benzene rings is 3. The zero-order valence-electron chi connectivity index (χ0n) is 15.3. The van der Waals surface area contributed by atoms with Gasteiger partial charge in [0, 0.05) is 34.0 Å². The highest BCUT2D eigenvalue weighted by Crippen LogP contribution is 2.33. The van der Waals surface area contributed by atoms with Crippen LogP contribution in [0.15, 0.2) is 88.7 Å². The largest absolute Gasteiger partial charge is 0.321 e. The van der Waals surface area contributed by atoms with Crippen LogP contribution in [0.5, 0.6) is 0 Å². The molecule has 1 saturated heterocycles. The number of carbonyl (C=O) groups is 2. The van der Waals surface area contributed by atoms with Gasteiger partial charge in [0.2, 0.25) is 5.91 Å². The molecule has 0 spiro atoms. The van der Waals surface area contributed by atoms with Crippen LogP contribution < -0.4 is 10.2 Å². The second-order valence-electron chi connectivity index (χ2n) is 6.56. The molecule has 140 valence electrons. The van der Waals surface area contributed by atoms with Gasteiger partial charge < -0.3 is 10.2 Å². The number of nitrogens with one attached hydrogen (secondary N) is 1. The van der Waals surface area contributed by atoms with Gasteiger partial charge in [-0.3, -0.25) is 9.59 Å². The van der Waals surface area contributed by atoms with E-state index in [2.05, 4.69) is 5.32 Å². The first-order valence-corrected chi connectivity index (χ1v) is 10.1. The fourth-order valence-corrected chi connectivity index (χ4v) is 4.13. The predicted octanol–water partition coefficient (Wildman–Crippen LogP) is 5.22. The Hall–Kier alpha value is -3.05. The molecule has 0 bridgehead atoms. The summed E-state index contributed by atoms with van der Waals surface area (Å²) in [5.41, 5.74) is 2.09. The van der Waals surface area contributed by atoms with Gasteiger partial charge in [0.1, 0.15) is 0 Å². The summed E-state index contributed by atoms with van der Waals surface area (Å²) in [7, 11) is 0. The summed E-state index contributed by atoms with van der Waals surface area (Å²) < 4.78 is 0. The molecule has 1 fully saturated rings. The van der Waals surface area contributed by atoms with E-state index in [9.17, 15) is 9.59 Å². The average molecular weight is 388 g/mol. The van der Waals surface area contributed by atoms with Crippen LogP contribution in [0.25, 0.3) is 0 Å². The van der Waals surface area contributed by atoms with Crippen molar-refractivity contribution in [2.45, 2.75) is 22.6 Å². The van der Waals surface area contributed by atoms with Crippen molar-refractivity contribution in [3.8, 4) is 0 Å². The van der Waals surface area contributed by atoms with E-state index in [0.717, 1.165) is 27.6 Å². The van der Waals surface area contributed by atoms with Gasteiger partial charge in [-0.05, 0) is 48.9 Å². The van der Waals surface area contributed by atoms with E-state index >= 15 is 0 Å². The standard InChI is InChI=1S/C23H20N2O2S/c26-22-14-7-15-25(22)18-9-6-8-17(16-18)23(27)24-20-12-4-5-13-21(20)28-19-10-2-1-3-11-19/h1-6,8-13,16H,7,14-15H2,(H,24,27). The van der Waals surface area contributed by atoms with Crippen molar-refractivity contribution in [3.63, 3.8) is 0 Å².